The van der Waals surface area contributed by atoms with E-state index in [1.54, 1.807) is 0 Å². The van der Waals surface area contributed by atoms with Crippen LogP contribution < -0.4 is 4.72 Å². The number of aromatic nitrogens is 1. The molecule has 0 saturated carbocycles. The summed E-state index contributed by atoms with van der Waals surface area (Å²) in [5.74, 6) is 0. The van der Waals surface area contributed by atoms with Gasteiger partial charge in [0.2, 0.25) is 10.0 Å². The third-order valence-electron chi connectivity index (χ3n) is 2.48. The van der Waals surface area contributed by atoms with Crippen LogP contribution in [-0.2, 0) is 10.0 Å². The standard InChI is InChI=1S/C11H17ClN2O2S/c1-3-5-9(4-2)14-17(15,16)11-8-13-7-6-10(11)12/h6-9,14H,3-5H2,1-2H3. The van der Waals surface area contributed by atoms with E-state index in [0.29, 0.717) is 0 Å². The minimum atomic E-state index is -3.57. The Balaban J connectivity index is 2.92. The summed E-state index contributed by atoms with van der Waals surface area (Å²) in [5.41, 5.74) is 0. The number of halogens is 1. The molecule has 1 aromatic heterocycles. The van der Waals surface area contributed by atoms with Crippen molar-refractivity contribution in [1.29, 1.82) is 0 Å². The monoisotopic (exact) mass is 276 g/mol. The highest BCUT2D eigenvalue weighted by Crippen LogP contribution is 2.20. The van der Waals surface area contributed by atoms with Gasteiger partial charge in [-0.25, -0.2) is 13.1 Å². The average Bonchev–Trinajstić information content (AvgIpc) is 2.28. The molecule has 1 heterocycles. The van der Waals surface area contributed by atoms with E-state index in [-0.39, 0.29) is 16.0 Å². The number of pyridine rings is 1. The average molecular weight is 277 g/mol. The second kappa shape index (κ2) is 6.33. The molecule has 1 N–H and O–H groups in total. The number of nitrogens with zero attached hydrogens (tertiary/aromatic N) is 1. The van der Waals surface area contributed by atoms with Gasteiger partial charge < -0.3 is 0 Å². The molecule has 6 heteroatoms. The second-order valence-electron chi connectivity index (χ2n) is 3.82. The molecule has 4 nitrogen and oxygen atoms in total. The van der Waals surface area contributed by atoms with Crippen LogP contribution in [0.15, 0.2) is 23.4 Å². The van der Waals surface area contributed by atoms with Crippen molar-refractivity contribution in [1.82, 2.24) is 9.71 Å². The number of sulfonamides is 1. The second-order valence-corrected chi connectivity index (χ2v) is 5.91. The number of hydrogen-bond donors (Lipinski definition) is 1. The first-order valence-corrected chi connectivity index (χ1v) is 7.49. The molecule has 0 saturated heterocycles. The van der Waals surface area contributed by atoms with Crippen molar-refractivity contribution in [2.24, 2.45) is 0 Å². The van der Waals surface area contributed by atoms with Gasteiger partial charge >= 0.3 is 0 Å². The Bertz CT molecular complexity index is 462. The van der Waals surface area contributed by atoms with Crippen LogP contribution in [-0.4, -0.2) is 19.4 Å². The molecular formula is C11H17ClN2O2S. The van der Waals surface area contributed by atoms with Crippen molar-refractivity contribution in [2.75, 3.05) is 0 Å². The number of rotatable bonds is 6. The zero-order valence-corrected chi connectivity index (χ0v) is 11.6. The Morgan fingerprint density at radius 1 is 1.47 bits per heavy atom. The van der Waals surface area contributed by atoms with Gasteiger partial charge in [0.25, 0.3) is 0 Å². The maximum absolute atomic E-state index is 12.1. The lowest BCUT2D eigenvalue weighted by atomic mass is 10.1. The van der Waals surface area contributed by atoms with Gasteiger partial charge in [-0.05, 0) is 18.9 Å². The molecule has 0 aliphatic heterocycles. The summed E-state index contributed by atoms with van der Waals surface area (Å²) >= 11 is 5.85. The summed E-state index contributed by atoms with van der Waals surface area (Å²) in [7, 11) is -3.57. The van der Waals surface area contributed by atoms with E-state index in [1.165, 1.54) is 18.5 Å². The van der Waals surface area contributed by atoms with Crippen molar-refractivity contribution in [3.8, 4) is 0 Å². The first-order valence-electron chi connectivity index (χ1n) is 5.63. The molecule has 0 bridgehead atoms. The van der Waals surface area contributed by atoms with Crippen LogP contribution >= 0.6 is 11.6 Å². The summed E-state index contributed by atoms with van der Waals surface area (Å²) in [6.45, 7) is 3.97. The molecule has 1 aromatic rings. The van der Waals surface area contributed by atoms with Crippen molar-refractivity contribution >= 4 is 21.6 Å². The summed E-state index contributed by atoms with van der Waals surface area (Å²) in [5, 5.41) is 0.193. The Labute approximate surface area is 107 Å². The summed E-state index contributed by atoms with van der Waals surface area (Å²) in [6.07, 6.45) is 5.23. The van der Waals surface area contributed by atoms with E-state index in [2.05, 4.69) is 9.71 Å². The minimum absolute atomic E-state index is 0.0382. The van der Waals surface area contributed by atoms with E-state index < -0.39 is 10.0 Å². The molecule has 0 aromatic carbocycles. The zero-order chi connectivity index (χ0) is 12.9. The molecule has 0 fully saturated rings. The molecule has 1 atom stereocenters. The van der Waals surface area contributed by atoms with Crippen LogP contribution in [0.1, 0.15) is 33.1 Å². The fourth-order valence-electron chi connectivity index (χ4n) is 1.54. The van der Waals surface area contributed by atoms with Crippen molar-refractivity contribution in [3.63, 3.8) is 0 Å². The van der Waals surface area contributed by atoms with Gasteiger partial charge in [-0.3, -0.25) is 4.98 Å². The molecule has 17 heavy (non-hydrogen) atoms. The van der Waals surface area contributed by atoms with Crippen LogP contribution in [0.4, 0.5) is 0 Å². The molecule has 96 valence electrons. The third kappa shape index (κ3) is 3.94. The zero-order valence-electron chi connectivity index (χ0n) is 9.98. The van der Waals surface area contributed by atoms with Crippen LogP contribution in [0, 0.1) is 0 Å². The minimum Gasteiger partial charge on any atom is -0.263 e. The van der Waals surface area contributed by atoms with E-state index in [4.69, 9.17) is 11.6 Å². The Hall–Kier alpha value is -0.650. The normalized spacial score (nSPS) is 13.6. The number of nitrogens with one attached hydrogen (secondary N) is 1. The highest BCUT2D eigenvalue weighted by atomic mass is 35.5. The molecule has 0 aliphatic rings. The molecule has 0 spiro atoms. The third-order valence-corrected chi connectivity index (χ3v) is 4.47. The first kappa shape index (κ1) is 14.4. The Morgan fingerprint density at radius 2 is 2.18 bits per heavy atom. The van der Waals surface area contributed by atoms with Crippen LogP contribution in [0.3, 0.4) is 0 Å². The Kier molecular flexibility index (Phi) is 5.36. The lowest BCUT2D eigenvalue weighted by molar-refractivity contribution is 0.512. The highest BCUT2D eigenvalue weighted by Gasteiger charge is 2.21. The summed E-state index contributed by atoms with van der Waals surface area (Å²) < 4.78 is 26.8. The number of hydrogen-bond acceptors (Lipinski definition) is 3. The molecule has 1 rings (SSSR count). The molecule has 0 aliphatic carbocycles. The smallest absolute Gasteiger partial charge is 0.243 e. The lowest BCUT2D eigenvalue weighted by Crippen LogP contribution is -2.34. The van der Waals surface area contributed by atoms with E-state index in [0.717, 1.165) is 19.3 Å². The van der Waals surface area contributed by atoms with Crippen molar-refractivity contribution in [2.45, 2.75) is 44.0 Å². The van der Waals surface area contributed by atoms with Gasteiger partial charge in [-0.2, -0.15) is 0 Å². The Morgan fingerprint density at radius 3 is 2.71 bits per heavy atom. The predicted molar refractivity (Wildman–Crippen MR) is 68.6 cm³/mol. The van der Waals surface area contributed by atoms with Gasteiger partial charge in [0.05, 0.1) is 5.02 Å². The maximum Gasteiger partial charge on any atom is 0.243 e. The van der Waals surface area contributed by atoms with Crippen LogP contribution in [0.25, 0.3) is 0 Å². The summed E-state index contributed by atoms with van der Waals surface area (Å²) in [4.78, 5) is 3.83. The summed E-state index contributed by atoms with van der Waals surface area (Å²) in [6, 6.07) is 1.41. The van der Waals surface area contributed by atoms with E-state index in [1.807, 2.05) is 13.8 Å². The van der Waals surface area contributed by atoms with Gasteiger partial charge in [0, 0.05) is 18.4 Å². The van der Waals surface area contributed by atoms with Gasteiger partial charge in [-0.1, -0.05) is 31.9 Å². The first-order chi connectivity index (χ1) is 8.01. The van der Waals surface area contributed by atoms with Crippen molar-refractivity contribution in [3.05, 3.63) is 23.5 Å². The maximum atomic E-state index is 12.1. The molecule has 1 unspecified atom stereocenters. The molecule has 0 radical (unpaired) electrons. The SMILES string of the molecule is CCCC(CC)NS(=O)(=O)c1cnccc1Cl. The fourth-order valence-corrected chi connectivity index (χ4v) is 3.32. The molecule has 0 amide bonds. The van der Waals surface area contributed by atoms with Gasteiger partial charge in [0.1, 0.15) is 4.90 Å². The molecular weight excluding hydrogens is 260 g/mol. The van der Waals surface area contributed by atoms with E-state index >= 15 is 0 Å². The quantitative estimate of drug-likeness (QED) is 0.869. The fraction of sp³-hybridized carbons (Fsp3) is 0.545. The largest absolute Gasteiger partial charge is 0.263 e. The topological polar surface area (TPSA) is 59.1 Å². The lowest BCUT2D eigenvalue weighted by Gasteiger charge is -2.16. The van der Waals surface area contributed by atoms with Gasteiger partial charge in [0.15, 0.2) is 0 Å². The highest BCUT2D eigenvalue weighted by molar-refractivity contribution is 7.89. The predicted octanol–water partition coefficient (Wildman–Crippen LogP) is 2.59. The van der Waals surface area contributed by atoms with E-state index in [9.17, 15) is 8.42 Å². The van der Waals surface area contributed by atoms with Crippen LogP contribution in [0.2, 0.25) is 5.02 Å². The van der Waals surface area contributed by atoms with Crippen molar-refractivity contribution < 1.29 is 8.42 Å². The van der Waals surface area contributed by atoms with Crippen LogP contribution in [0.5, 0.6) is 0 Å². The van der Waals surface area contributed by atoms with Gasteiger partial charge in [-0.15, -0.1) is 0 Å².